The van der Waals surface area contributed by atoms with Crippen LogP contribution in [0.25, 0.3) is 5.69 Å². The number of nitrogens with zero attached hydrogens (tertiary/aromatic N) is 3. The molecule has 0 spiro atoms. The molecule has 0 saturated heterocycles. The smallest absolute Gasteiger partial charge is 0.295 e. The fourth-order valence-electron chi connectivity index (χ4n) is 3.59. The molecule has 1 aromatic heterocycles. The van der Waals surface area contributed by atoms with Crippen LogP contribution in [-0.2, 0) is 21.9 Å². The molecule has 0 aliphatic carbocycles. The van der Waals surface area contributed by atoms with Crippen molar-refractivity contribution in [1.29, 1.82) is 0 Å². The first-order valence-corrected chi connectivity index (χ1v) is 11.9. The Morgan fingerprint density at radius 3 is 2.53 bits per heavy atom. The molecular formula is C21H21ClN4O5S. The Morgan fingerprint density at radius 2 is 1.88 bits per heavy atom. The molecule has 168 valence electrons. The van der Waals surface area contributed by atoms with Crippen LogP contribution in [-0.4, -0.2) is 42.6 Å². The van der Waals surface area contributed by atoms with E-state index in [-0.39, 0.29) is 23.7 Å². The number of hydrogen-bond acceptors (Lipinski definition) is 5. The van der Waals surface area contributed by atoms with Gasteiger partial charge >= 0.3 is 0 Å². The number of sulfonamides is 1. The standard InChI is InChI=1S/C21H21ClN4O5S/c1-13-19(21(28)26(24(13)2)15-7-5-4-6-8-15)23-20(27)18-12-25(32(3,29)30)16-11-14(22)9-10-17(16)31-18/h4-11,18H,12H2,1-3H3,(H,23,27). The quantitative estimate of drug-likeness (QED) is 0.622. The monoisotopic (exact) mass is 476 g/mol. The first-order chi connectivity index (χ1) is 15.1. The highest BCUT2D eigenvalue weighted by molar-refractivity contribution is 7.92. The zero-order chi connectivity index (χ0) is 23.2. The van der Waals surface area contributed by atoms with Gasteiger partial charge in [0, 0.05) is 12.1 Å². The van der Waals surface area contributed by atoms with Crippen LogP contribution < -0.4 is 19.9 Å². The number of amides is 1. The van der Waals surface area contributed by atoms with Crippen LogP contribution in [0.1, 0.15) is 5.69 Å². The van der Waals surface area contributed by atoms with Crippen molar-refractivity contribution in [1.82, 2.24) is 9.36 Å². The van der Waals surface area contributed by atoms with E-state index in [0.29, 0.717) is 16.4 Å². The van der Waals surface area contributed by atoms with E-state index in [2.05, 4.69) is 5.32 Å². The first kappa shape index (κ1) is 22.0. The van der Waals surface area contributed by atoms with Gasteiger partial charge in [-0.1, -0.05) is 29.8 Å². The lowest BCUT2D eigenvalue weighted by atomic mass is 10.2. The van der Waals surface area contributed by atoms with Crippen molar-refractivity contribution in [2.75, 3.05) is 22.4 Å². The topological polar surface area (TPSA) is 103 Å². The van der Waals surface area contributed by atoms with E-state index in [0.717, 1.165) is 10.6 Å². The van der Waals surface area contributed by atoms with Gasteiger partial charge in [0.25, 0.3) is 11.5 Å². The van der Waals surface area contributed by atoms with E-state index in [1.54, 1.807) is 36.9 Å². The molecule has 9 nitrogen and oxygen atoms in total. The van der Waals surface area contributed by atoms with Gasteiger partial charge < -0.3 is 10.1 Å². The molecule has 1 N–H and O–H groups in total. The maximum atomic E-state index is 13.1. The number of fused-ring (bicyclic) bond motifs is 1. The number of ether oxygens (including phenoxy) is 1. The lowest BCUT2D eigenvalue weighted by molar-refractivity contribution is -0.122. The Morgan fingerprint density at radius 1 is 1.19 bits per heavy atom. The average Bonchev–Trinajstić information content (AvgIpc) is 2.96. The Hall–Kier alpha value is -3.24. The minimum absolute atomic E-state index is 0.0951. The Kier molecular flexibility index (Phi) is 5.51. The van der Waals surface area contributed by atoms with Gasteiger partial charge in [-0.15, -0.1) is 0 Å². The van der Waals surface area contributed by atoms with Crippen molar-refractivity contribution in [3.8, 4) is 11.4 Å². The average molecular weight is 477 g/mol. The number of benzene rings is 2. The Labute approximate surface area is 189 Å². The molecule has 1 atom stereocenters. The maximum absolute atomic E-state index is 13.1. The molecule has 0 radical (unpaired) electrons. The number of halogens is 1. The molecule has 11 heteroatoms. The number of hydrogen-bond donors (Lipinski definition) is 1. The van der Waals surface area contributed by atoms with Crippen molar-refractivity contribution in [2.24, 2.45) is 7.05 Å². The number of carbonyl (C=O) groups excluding carboxylic acids is 1. The summed E-state index contributed by atoms with van der Waals surface area (Å²) >= 11 is 6.01. The third kappa shape index (κ3) is 3.87. The van der Waals surface area contributed by atoms with Gasteiger partial charge in [0.15, 0.2) is 6.10 Å². The Balaban J connectivity index is 1.67. The lowest BCUT2D eigenvalue weighted by Gasteiger charge is -2.33. The van der Waals surface area contributed by atoms with Crippen LogP contribution in [0.2, 0.25) is 5.02 Å². The highest BCUT2D eigenvalue weighted by Crippen LogP contribution is 2.37. The predicted molar refractivity (Wildman–Crippen MR) is 122 cm³/mol. The van der Waals surface area contributed by atoms with Crippen LogP contribution in [0.4, 0.5) is 11.4 Å². The summed E-state index contributed by atoms with van der Waals surface area (Å²) in [7, 11) is -2.00. The molecule has 1 unspecified atom stereocenters. The number of carbonyl (C=O) groups is 1. The molecule has 0 fully saturated rings. The minimum atomic E-state index is -3.71. The molecule has 0 bridgehead atoms. The van der Waals surface area contributed by atoms with Gasteiger partial charge in [-0.25, -0.2) is 13.1 Å². The molecule has 1 amide bonds. The van der Waals surface area contributed by atoms with E-state index in [4.69, 9.17) is 16.3 Å². The van der Waals surface area contributed by atoms with Gasteiger partial charge in [-0.2, -0.15) is 0 Å². The number of aromatic nitrogens is 2. The minimum Gasteiger partial charge on any atom is -0.476 e. The van der Waals surface area contributed by atoms with Gasteiger partial charge in [-0.3, -0.25) is 18.6 Å². The number of anilines is 2. The third-order valence-corrected chi connectivity index (χ3v) is 6.67. The lowest BCUT2D eigenvalue weighted by Crippen LogP contribution is -2.48. The van der Waals surface area contributed by atoms with Crippen molar-refractivity contribution < 1.29 is 17.9 Å². The summed E-state index contributed by atoms with van der Waals surface area (Å²) < 4.78 is 34.6. The van der Waals surface area contributed by atoms with Gasteiger partial charge in [-0.05, 0) is 37.3 Å². The maximum Gasteiger partial charge on any atom is 0.295 e. The normalized spacial score (nSPS) is 15.8. The summed E-state index contributed by atoms with van der Waals surface area (Å²) in [5.41, 5.74) is 1.12. The molecule has 3 aromatic rings. The summed E-state index contributed by atoms with van der Waals surface area (Å²) in [4.78, 5) is 26.1. The van der Waals surface area contributed by atoms with Crippen molar-refractivity contribution in [3.63, 3.8) is 0 Å². The van der Waals surface area contributed by atoms with Crippen LogP contribution >= 0.6 is 11.6 Å². The SMILES string of the molecule is Cc1c(NC(=O)C2CN(S(C)(=O)=O)c3cc(Cl)ccc3O2)c(=O)n(-c2ccccc2)n1C. The van der Waals surface area contributed by atoms with Crippen molar-refractivity contribution in [2.45, 2.75) is 13.0 Å². The number of nitrogens with one attached hydrogen (secondary N) is 1. The van der Waals surface area contributed by atoms with Crippen LogP contribution in [0.3, 0.4) is 0 Å². The highest BCUT2D eigenvalue weighted by Gasteiger charge is 2.36. The van der Waals surface area contributed by atoms with Crippen LogP contribution in [0.15, 0.2) is 53.3 Å². The molecule has 1 aliphatic rings. The first-order valence-electron chi connectivity index (χ1n) is 9.66. The summed E-state index contributed by atoms with van der Waals surface area (Å²) in [5.74, 6) is -0.428. The van der Waals surface area contributed by atoms with E-state index >= 15 is 0 Å². The van der Waals surface area contributed by atoms with E-state index in [9.17, 15) is 18.0 Å². The predicted octanol–water partition coefficient (Wildman–Crippen LogP) is 2.30. The van der Waals surface area contributed by atoms with Crippen LogP contribution in [0, 0.1) is 6.92 Å². The van der Waals surface area contributed by atoms with Gasteiger partial charge in [0.1, 0.15) is 11.4 Å². The van der Waals surface area contributed by atoms with Crippen LogP contribution in [0.5, 0.6) is 5.75 Å². The fourth-order valence-corrected chi connectivity index (χ4v) is 4.66. The second-order valence-corrected chi connectivity index (χ2v) is 9.78. The summed E-state index contributed by atoms with van der Waals surface area (Å²) in [6, 6.07) is 13.5. The molecule has 4 rings (SSSR count). The van der Waals surface area contributed by atoms with E-state index < -0.39 is 27.6 Å². The van der Waals surface area contributed by atoms with E-state index in [1.165, 1.54) is 16.8 Å². The van der Waals surface area contributed by atoms with E-state index in [1.807, 2.05) is 18.2 Å². The fraction of sp³-hybridized carbons (Fsp3) is 0.238. The second-order valence-electron chi connectivity index (χ2n) is 7.44. The third-order valence-electron chi connectivity index (χ3n) is 5.29. The van der Waals surface area contributed by atoms with Crippen molar-refractivity contribution in [3.05, 3.63) is 69.6 Å². The summed E-state index contributed by atoms with van der Waals surface area (Å²) in [6.45, 7) is 1.45. The molecule has 32 heavy (non-hydrogen) atoms. The van der Waals surface area contributed by atoms with Gasteiger partial charge in [0.2, 0.25) is 10.0 Å². The summed E-state index contributed by atoms with van der Waals surface area (Å²) in [5, 5.41) is 2.97. The number of para-hydroxylation sites is 1. The molecule has 1 aliphatic heterocycles. The summed E-state index contributed by atoms with van der Waals surface area (Å²) in [6.07, 6.45) is -0.125. The van der Waals surface area contributed by atoms with Gasteiger partial charge in [0.05, 0.1) is 29.9 Å². The molecule has 2 heterocycles. The second kappa shape index (κ2) is 8.03. The number of rotatable bonds is 4. The molecule has 0 saturated carbocycles. The molecular weight excluding hydrogens is 456 g/mol. The largest absolute Gasteiger partial charge is 0.476 e. The highest BCUT2D eigenvalue weighted by atomic mass is 35.5. The molecule has 2 aromatic carbocycles. The van der Waals surface area contributed by atoms with Crippen molar-refractivity contribution >= 4 is 38.9 Å². The Bertz CT molecular complexity index is 1360. The zero-order valence-electron chi connectivity index (χ0n) is 17.6. The zero-order valence-corrected chi connectivity index (χ0v) is 19.1.